The highest BCUT2D eigenvalue weighted by atomic mass is 79.9. The Labute approximate surface area is 158 Å². The maximum absolute atomic E-state index is 13.4. The predicted octanol–water partition coefficient (Wildman–Crippen LogP) is 4.81. The minimum Gasteiger partial charge on any atom is -0.280 e. The summed E-state index contributed by atoms with van der Waals surface area (Å²) >= 11 is 3.47. The van der Waals surface area contributed by atoms with Gasteiger partial charge < -0.3 is 0 Å². The topological polar surface area (TPSA) is 50.9 Å². The van der Waals surface area contributed by atoms with E-state index in [0.29, 0.717) is 26.8 Å². The van der Waals surface area contributed by atoms with E-state index in [1.807, 2.05) is 34.6 Å². The summed E-state index contributed by atoms with van der Waals surface area (Å²) in [6, 6.07) is 2.82. The largest absolute Gasteiger partial charge is 0.280 e. The number of fused-ring (bicyclic) bond motifs is 1. The minimum atomic E-state index is -1.43. The van der Waals surface area contributed by atoms with Gasteiger partial charge in [0.1, 0.15) is 16.8 Å². The summed E-state index contributed by atoms with van der Waals surface area (Å²) < 4.78 is 31.3. The van der Waals surface area contributed by atoms with Gasteiger partial charge in [-0.3, -0.25) is 9.20 Å². The predicted molar refractivity (Wildman–Crippen MR) is 108 cm³/mol. The SMILES string of the molecule is C/C(=N\S(=O)C(C)(C)C)c1c(C)c(=O)n2cc(F)ccc2c1Br.CC. The number of nitrogens with zero attached hydrogens (tertiary/aromatic N) is 2. The van der Waals surface area contributed by atoms with Crippen molar-refractivity contribution in [3.63, 3.8) is 0 Å². The van der Waals surface area contributed by atoms with Crippen molar-refractivity contribution >= 4 is 38.1 Å². The number of pyridine rings is 2. The van der Waals surface area contributed by atoms with Crippen LogP contribution in [-0.2, 0) is 11.0 Å². The summed E-state index contributed by atoms with van der Waals surface area (Å²) in [5.74, 6) is -0.488. The molecule has 1 unspecified atom stereocenters. The molecule has 7 heteroatoms. The Balaban J connectivity index is 0.00000151. The average molecular weight is 431 g/mol. The molecule has 0 aliphatic carbocycles. The molecule has 2 heterocycles. The van der Waals surface area contributed by atoms with E-state index in [4.69, 9.17) is 0 Å². The number of halogens is 2. The fourth-order valence-corrected chi connectivity index (χ4v) is 3.66. The van der Waals surface area contributed by atoms with Crippen molar-refractivity contribution in [3.8, 4) is 0 Å². The molecule has 138 valence electrons. The monoisotopic (exact) mass is 430 g/mol. The van der Waals surface area contributed by atoms with Crippen LogP contribution in [0.25, 0.3) is 5.52 Å². The van der Waals surface area contributed by atoms with E-state index in [-0.39, 0.29) is 5.56 Å². The summed E-state index contributed by atoms with van der Waals surface area (Å²) in [6.07, 6.45) is 1.15. The molecule has 0 N–H and O–H groups in total. The lowest BCUT2D eigenvalue weighted by atomic mass is 10.1. The molecule has 0 aliphatic rings. The molecule has 0 aromatic carbocycles. The van der Waals surface area contributed by atoms with Crippen LogP contribution in [0, 0.1) is 12.7 Å². The van der Waals surface area contributed by atoms with Gasteiger partial charge in [0.15, 0.2) is 0 Å². The van der Waals surface area contributed by atoms with Crippen LogP contribution in [0.1, 0.15) is 52.7 Å². The molecule has 0 spiro atoms. The summed E-state index contributed by atoms with van der Waals surface area (Å²) in [6.45, 7) is 12.9. The Kier molecular flexibility index (Phi) is 7.26. The minimum absolute atomic E-state index is 0.325. The van der Waals surface area contributed by atoms with Crippen molar-refractivity contribution in [1.82, 2.24) is 4.40 Å². The highest BCUT2D eigenvalue weighted by molar-refractivity contribution is 9.10. The van der Waals surface area contributed by atoms with Gasteiger partial charge >= 0.3 is 0 Å². The first-order valence-electron chi connectivity index (χ1n) is 8.01. The standard InChI is InChI=1S/C16H18BrFN2O2S.C2H6/c1-9-13(10(2)19-23(22)16(3,4)5)14(17)12-7-6-11(18)8-20(12)15(9)21;1-2/h6-8H,1-5H3;1-2H3/b19-10+;. The fourth-order valence-electron chi connectivity index (χ4n) is 2.14. The molecule has 4 nitrogen and oxygen atoms in total. The zero-order valence-corrected chi connectivity index (χ0v) is 18.0. The zero-order valence-electron chi connectivity index (χ0n) is 15.6. The van der Waals surface area contributed by atoms with Crippen LogP contribution in [0.5, 0.6) is 0 Å². The van der Waals surface area contributed by atoms with Gasteiger partial charge in [0.25, 0.3) is 5.56 Å². The van der Waals surface area contributed by atoms with Crippen molar-refractivity contribution < 1.29 is 8.60 Å². The van der Waals surface area contributed by atoms with Crippen LogP contribution in [0.4, 0.5) is 4.39 Å². The molecule has 0 bridgehead atoms. The second kappa shape index (κ2) is 8.36. The lowest BCUT2D eigenvalue weighted by Gasteiger charge is -2.16. The number of rotatable bonds is 2. The van der Waals surface area contributed by atoms with Gasteiger partial charge in [0.2, 0.25) is 0 Å². The maximum atomic E-state index is 13.4. The molecule has 2 aromatic heterocycles. The molecule has 0 amide bonds. The van der Waals surface area contributed by atoms with Gasteiger partial charge in [0, 0.05) is 17.3 Å². The van der Waals surface area contributed by atoms with Gasteiger partial charge in [-0.1, -0.05) is 13.8 Å². The molecule has 0 fully saturated rings. The van der Waals surface area contributed by atoms with Gasteiger partial charge in [-0.2, -0.15) is 4.40 Å². The molecule has 0 radical (unpaired) electrons. The van der Waals surface area contributed by atoms with E-state index in [2.05, 4.69) is 20.3 Å². The average Bonchev–Trinajstić information content (AvgIpc) is 2.53. The molecule has 25 heavy (non-hydrogen) atoms. The second-order valence-corrected chi connectivity index (χ2v) is 8.96. The smallest absolute Gasteiger partial charge is 0.258 e. The summed E-state index contributed by atoms with van der Waals surface area (Å²) in [7, 11) is -1.43. The highest BCUT2D eigenvalue weighted by Gasteiger charge is 2.21. The molecule has 2 rings (SSSR count). The van der Waals surface area contributed by atoms with Crippen LogP contribution in [0.2, 0.25) is 0 Å². The molecular weight excluding hydrogens is 407 g/mol. The quantitative estimate of drug-likeness (QED) is 0.641. The van der Waals surface area contributed by atoms with Gasteiger partial charge in [-0.25, -0.2) is 8.60 Å². The van der Waals surface area contributed by atoms with E-state index < -0.39 is 21.5 Å². The third kappa shape index (κ3) is 4.64. The van der Waals surface area contributed by atoms with E-state index in [1.54, 1.807) is 13.8 Å². The van der Waals surface area contributed by atoms with Gasteiger partial charge in [-0.05, 0) is 62.7 Å². The molecule has 2 aromatic rings. The van der Waals surface area contributed by atoms with Crippen molar-refractivity contribution in [2.24, 2.45) is 4.40 Å². The Morgan fingerprint density at radius 2 is 1.84 bits per heavy atom. The Bertz CT molecular complexity index is 899. The van der Waals surface area contributed by atoms with E-state index in [9.17, 15) is 13.4 Å². The van der Waals surface area contributed by atoms with Crippen molar-refractivity contribution in [2.45, 2.75) is 53.2 Å². The van der Waals surface area contributed by atoms with Crippen molar-refractivity contribution in [3.05, 3.63) is 50.1 Å². The van der Waals surface area contributed by atoms with Crippen LogP contribution in [-0.4, -0.2) is 19.1 Å². The summed E-state index contributed by atoms with van der Waals surface area (Å²) in [5, 5.41) is 0. The first-order chi connectivity index (χ1) is 11.5. The van der Waals surface area contributed by atoms with Crippen molar-refractivity contribution in [2.75, 3.05) is 0 Å². The second-order valence-electron chi connectivity index (χ2n) is 6.26. The first kappa shape index (κ1) is 21.7. The van der Waals surface area contributed by atoms with E-state index in [0.717, 1.165) is 6.20 Å². The van der Waals surface area contributed by atoms with Gasteiger partial charge in [0.05, 0.1) is 20.4 Å². The Hall–Kier alpha value is -1.34. The normalized spacial score (nSPS) is 13.4. The summed E-state index contributed by atoms with van der Waals surface area (Å²) in [4.78, 5) is 12.5. The zero-order chi connectivity index (χ0) is 19.5. The Morgan fingerprint density at radius 3 is 2.36 bits per heavy atom. The van der Waals surface area contributed by atoms with Crippen LogP contribution < -0.4 is 5.56 Å². The lowest BCUT2D eigenvalue weighted by molar-refractivity contribution is 0.618. The number of aromatic nitrogens is 1. The fraction of sp³-hybridized carbons (Fsp3) is 0.444. The molecule has 1 atom stereocenters. The first-order valence-corrected chi connectivity index (χ1v) is 9.91. The van der Waals surface area contributed by atoms with E-state index >= 15 is 0 Å². The third-order valence-electron chi connectivity index (χ3n) is 3.38. The Morgan fingerprint density at radius 1 is 1.28 bits per heavy atom. The molecule has 0 aliphatic heterocycles. The van der Waals surface area contributed by atoms with Crippen LogP contribution in [0.3, 0.4) is 0 Å². The third-order valence-corrected chi connectivity index (χ3v) is 5.67. The highest BCUT2D eigenvalue weighted by Crippen LogP contribution is 2.26. The molecule has 0 saturated carbocycles. The lowest BCUT2D eigenvalue weighted by Crippen LogP contribution is -2.23. The summed E-state index contributed by atoms with van der Waals surface area (Å²) in [5.41, 5.74) is 1.74. The van der Waals surface area contributed by atoms with Gasteiger partial charge in [-0.15, -0.1) is 0 Å². The van der Waals surface area contributed by atoms with Crippen LogP contribution in [0.15, 0.2) is 32.0 Å². The molecular formula is C18H24BrFN2O2S. The van der Waals surface area contributed by atoms with Crippen LogP contribution >= 0.6 is 15.9 Å². The number of hydrogen-bond donors (Lipinski definition) is 0. The maximum Gasteiger partial charge on any atom is 0.258 e. The van der Waals surface area contributed by atoms with Crippen molar-refractivity contribution in [1.29, 1.82) is 0 Å². The van der Waals surface area contributed by atoms with E-state index in [1.165, 1.54) is 16.5 Å². The number of hydrogen-bond acceptors (Lipinski definition) is 2. The molecule has 0 saturated heterocycles.